The van der Waals surface area contributed by atoms with E-state index in [1.807, 2.05) is 39.8 Å². The fourth-order valence-corrected chi connectivity index (χ4v) is 3.01. The zero-order valence-electron chi connectivity index (χ0n) is 17.1. The molecule has 2 N–H and O–H groups in total. The summed E-state index contributed by atoms with van der Waals surface area (Å²) in [5, 5.41) is 12.9. The minimum absolute atomic E-state index is 0.00602. The van der Waals surface area contributed by atoms with Gasteiger partial charge < -0.3 is 15.2 Å². The molecule has 2 heterocycles. The molecule has 0 spiro atoms. The van der Waals surface area contributed by atoms with Crippen molar-refractivity contribution in [2.24, 2.45) is 0 Å². The zero-order chi connectivity index (χ0) is 20.0. The van der Waals surface area contributed by atoms with Crippen LogP contribution in [-0.2, 0) is 6.42 Å². The smallest absolute Gasteiger partial charge is 0.213 e. The minimum atomic E-state index is -0.00602. The number of hydrogen-bond acceptors (Lipinski definition) is 5. The number of rotatable bonds is 9. The molecule has 0 saturated heterocycles. The summed E-state index contributed by atoms with van der Waals surface area (Å²) in [5.74, 6) is 0.642. The van der Waals surface area contributed by atoms with Gasteiger partial charge in [-0.05, 0) is 56.9 Å². The second kappa shape index (κ2) is 9.51. The number of allylic oxidation sites excluding steroid dienone is 1. The van der Waals surface area contributed by atoms with Gasteiger partial charge in [0.05, 0.1) is 36.0 Å². The molecule has 0 bridgehead atoms. The third-order valence-electron chi connectivity index (χ3n) is 4.52. The van der Waals surface area contributed by atoms with Crippen LogP contribution in [0.3, 0.4) is 0 Å². The van der Waals surface area contributed by atoms with Crippen LogP contribution in [0, 0.1) is 6.92 Å². The lowest BCUT2D eigenvalue weighted by atomic mass is 10.0. The lowest BCUT2D eigenvalue weighted by Crippen LogP contribution is -2.23. The summed E-state index contributed by atoms with van der Waals surface area (Å²) < 4.78 is 5.54. The number of nitrogens with zero attached hydrogens (tertiary/aromatic N) is 2. The van der Waals surface area contributed by atoms with E-state index < -0.39 is 0 Å². The molecule has 1 unspecified atom stereocenters. The van der Waals surface area contributed by atoms with E-state index in [4.69, 9.17) is 9.72 Å². The Labute approximate surface area is 162 Å². The van der Waals surface area contributed by atoms with Crippen LogP contribution in [0.5, 0.6) is 5.88 Å². The number of aromatic nitrogens is 2. The SMILES string of the molecule is C=C(C)c1nc(-c2ccc(OCC)nc2CC)c(C)cc1NC(CC)CO. The van der Waals surface area contributed by atoms with Crippen LogP contribution >= 0.6 is 0 Å². The summed E-state index contributed by atoms with van der Waals surface area (Å²) in [5.41, 5.74) is 6.54. The van der Waals surface area contributed by atoms with E-state index in [0.29, 0.717) is 12.5 Å². The first-order valence-corrected chi connectivity index (χ1v) is 9.63. The lowest BCUT2D eigenvalue weighted by Gasteiger charge is -2.20. The summed E-state index contributed by atoms with van der Waals surface area (Å²) in [6, 6.07) is 6.00. The van der Waals surface area contributed by atoms with Crippen LogP contribution in [0.4, 0.5) is 5.69 Å². The quantitative estimate of drug-likeness (QED) is 0.674. The molecule has 0 aliphatic carbocycles. The molecule has 0 fully saturated rings. The van der Waals surface area contributed by atoms with Crippen LogP contribution < -0.4 is 10.1 Å². The Balaban J connectivity index is 2.55. The van der Waals surface area contributed by atoms with Crippen molar-refractivity contribution in [2.75, 3.05) is 18.5 Å². The molecular weight excluding hydrogens is 338 g/mol. The summed E-state index contributed by atoms with van der Waals surface area (Å²) >= 11 is 0. The number of hydrogen-bond donors (Lipinski definition) is 2. The molecule has 2 aromatic heterocycles. The minimum Gasteiger partial charge on any atom is -0.478 e. The number of ether oxygens (including phenoxy) is 1. The number of anilines is 1. The van der Waals surface area contributed by atoms with Crippen molar-refractivity contribution in [1.29, 1.82) is 0 Å². The van der Waals surface area contributed by atoms with Gasteiger partial charge in [0.1, 0.15) is 0 Å². The number of pyridine rings is 2. The van der Waals surface area contributed by atoms with Gasteiger partial charge in [0.25, 0.3) is 0 Å². The molecule has 0 saturated carbocycles. The maximum absolute atomic E-state index is 9.53. The van der Waals surface area contributed by atoms with Crippen molar-refractivity contribution >= 4 is 11.3 Å². The van der Waals surface area contributed by atoms with Crippen molar-refractivity contribution in [3.8, 4) is 17.1 Å². The fourth-order valence-electron chi connectivity index (χ4n) is 3.01. The molecule has 2 rings (SSSR count). The van der Waals surface area contributed by atoms with Crippen molar-refractivity contribution in [2.45, 2.75) is 53.5 Å². The predicted octanol–water partition coefficient (Wildman–Crippen LogP) is 4.63. The first-order chi connectivity index (χ1) is 12.9. The second-order valence-corrected chi connectivity index (χ2v) is 6.69. The summed E-state index contributed by atoms with van der Waals surface area (Å²) in [6.45, 7) is 14.8. The summed E-state index contributed by atoms with van der Waals surface area (Å²) in [7, 11) is 0. The van der Waals surface area contributed by atoms with Crippen molar-refractivity contribution in [1.82, 2.24) is 9.97 Å². The molecule has 146 valence electrons. The van der Waals surface area contributed by atoms with E-state index in [-0.39, 0.29) is 12.6 Å². The first kappa shape index (κ1) is 20.9. The molecule has 0 radical (unpaired) electrons. The molecule has 0 amide bonds. The predicted molar refractivity (Wildman–Crippen MR) is 112 cm³/mol. The Morgan fingerprint density at radius 2 is 2.00 bits per heavy atom. The van der Waals surface area contributed by atoms with E-state index in [1.54, 1.807) is 0 Å². The number of nitrogens with one attached hydrogen (secondary N) is 1. The van der Waals surface area contributed by atoms with E-state index in [2.05, 4.69) is 29.9 Å². The standard InChI is InChI=1S/C22H31N3O2/c1-7-16(13-26)23-19-12-15(6)22(25-21(19)14(4)5)17-10-11-20(27-9-3)24-18(17)8-2/h10-12,16,23,26H,4,7-9,13H2,1-3,5-6H3. The highest BCUT2D eigenvalue weighted by atomic mass is 16.5. The average Bonchev–Trinajstić information content (AvgIpc) is 2.66. The average molecular weight is 370 g/mol. The third kappa shape index (κ3) is 4.86. The van der Waals surface area contributed by atoms with Crippen molar-refractivity contribution in [3.63, 3.8) is 0 Å². The monoisotopic (exact) mass is 369 g/mol. The van der Waals surface area contributed by atoms with Gasteiger partial charge in [0, 0.05) is 17.7 Å². The molecule has 5 heteroatoms. The van der Waals surface area contributed by atoms with Crippen molar-refractivity contribution < 1.29 is 9.84 Å². The number of aryl methyl sites for hydroxylation is 2. The summed E-state index contributed by atoms with van der Waals surface area (Å²) in [6.07, 6.45) is 1.62. The van der Waals surface area contributed by atoms with Crippen LogP contribution in [0.1, 0.15) is 51.1 Å². The molecule has 1 atom stereocenters. The molecule has 2 aromatic rings. The maximum atomic E-state index is 9.53. The Hall–Kier alpha value is -2.40. The molecule has 27 heavy (non-hydrogen) atoms. The van der Waals surface area contributed by atoms with Gasteiger partial charge in [-0.3, -0.25) is 0 Å². The van der Waals surface area contributed by atoms with Crippen LogP contribution in [0.25, 0.3) is 16.8 Å². The Kier molecular flexibility index (Phi) is 7.36. The highest BCUT2D eigenvalue weighted by molar-refractivity contribution is 5.77. The van der Waals surface area contributed by atoms with Crippen molar-refractivity contribution in [3.05, 3.63) is 41.7 Å². The van der Waals surface area contributed by atoms with Gasteiger partial charge in [-0.15, -0.1) is 0 Å². The lowest BCUT2D eigenvalue weighted by molar-refractivity contribution is 0.272. The Morgan fingerprint density at radius 3 is 2.56 bits per heavy atom. The second-order valence-electron chi connectivity index (χ2n) is 6.69. The van der Waals surface area contributed by atoms with Gasteiger partial charge >= 0.3 is 0 Å². The highest BCUT2D eigenvalue weighted by Crippen LogP contribution is 2.32. The first-order valence-electron chi connectivity index (χ1n) is 9.63. The normalized spacial score (nSPS) is 11.9. The molecule has 0 aliphatic heterocycles. The van der Waals surface area contributed by atoms with E-state index in [9.17, 15) is 5.11 Å². The van der Waals surface area contributed by atoms with Gasteiger partial charge in [-0.2, -0.15) is 0 Å². The Morgan fingerprint density at radius 1 is 1.26 bits per heavy atom. The highest BCUT2D eigenvalue weighted by Gasteiger charge is 2.17. The molecule has 0 aromatic carbocycles. The van der Waals surface area contributed by atoms with E-state index >= 15 is 0 Å². The third-order valence-corrected chi connectivity index (χ3v) is 4.52. The van der Waals surface area contributed by atoms with E-state index in [0.717, 1.165) is 52.3 Å². The Bertz CT molecular complexity index is 798. The van der Waals surface area contributed by atoms with E-state index in [1.165, 1.54) is 0 Å². The largest absolute Gasteiger partial charge is 0.478 e. The maximum Gasteiger partial charge on any atom is 0.213 e. The van der Waals surface area contributed by atoms with Crippen LogP contribution in [0.2, 0.25) is 0 Å². The molecule has 5 nitrogen and oxygen atoms in total. The summed E-state index contributed by atoms with van der Waals surface area (Å²) in [4.78, 5) is 9.56. The molecule has 0 aliphatic rings. The topological polar surface area (TPSA) is 67.3 Å². The fraction of sp³-hybridized carbons (Fsp3) is 0.455. The number of aliphatic hydroxyl groups is 1. The van der Waals surface area contributed by atoms with Gasteiger partial charge in [-0.25, -0.2) is 9.97 Å². The van der Waals surface area contributed by atoms with Gasteiger partial charge in [-0.1, -0.05) is 20.4 Å². The number of aliphatic hydroxyl groups excluding tert-OH is 1. The van der Waals surface area contributed by atoms with Gasteiger partial charge in [0.15, 0.2) is 0 Å². The van der Waals surface area contributed by atoms with Gasteiger partial charge in [0.2, 0.25) is 5.88 Å². The van der Waals surface area contributed by atoms with Crippen LogP contribution in [0.15, 0.2) is 24.8 Å². The molecular formula is C22H31N3O2. The van der Waals surface area contributed by atoms with Crippen LogP contribution in [-0.4, -0.2) is 34.3 Å². The zero-order valence-corrected chi connectivity index (χ0v) is 17.1.